The van der Waals surface area contributed by atoms with Gasteiger partial charge in [0, 0.05) is 19.6 Å². The van der Waals surface area contributed by atoms with Crippen LogP contribution in [0.15, 0.2) is 4.52 Å². The summed E-state index contributed by atoms with van der Waals surface area (Å²) in [7, 11) is 0. The van der Waals surface area contributed by atoms with Crippen molar-refractivity contribution in [2.45, 2.75) is 45.8 Å². The van der Waals surface area contributed by atoms with Crippen molar-refractivity contribution in [1.29, 1.82) is 0 Å². The monoisotopic (exact) mass is 282 g/mol. The largest absolute Gasteiger partial charge is 0.367 e. The van der Waals surface area contributed by atoms with E-state index in [-0.39, 0.29) is 12.1 Å². The number of urea groups is 1. The first-order chi connectivity index (χ1) is 9.69. The molecule has 0 radical (unpaired) electrons. The quantitative estimate of drug-likeness (QED) is 0.884. The van der Waals surface area contributed by atoms with Crippen LogP contribution in [0.25, 0.3) is 0 Å². The highest BCUT2D eigenvalue weighted by atomic mass is 16.5. The first-order valence-corrected chi connectivity index (χ1v) is 7.12. The van der Waals surface area contributed by atoms with Gasteiger partial charge >= 0.3 is 6.03 Å². The molecule has 7 nitrogen and oxygen atoms in total. The summed E-state index contributed by atoms with van der Waals surface area (Å²) in [5, 5.41) is 6.61. The summed E-state index contributed by atoms with van der Waals surface area (Å²) >= 11 is 0. The van der Waals surface area contributed by atoms with Crippen LogP contribution in [0.4, 0.5) is 4.79 Å². The molecule has 1 fully saturated rings. The van der Waals surface area contributed by atoms with Gasteiger partial charge in [-0.1, -0.05) is 12.1 Å². The summed E-state index contributed by atoms with van der Waals surface area (Å²) in [6, 6.07) is -0.00575. The Balaban J connectivity index is 1.76. The van der Waals surface area contributed by atoms with Gasteiger partial charge in [0.2, 0.25) is 0 Å². The number of likely N-dealkylation sites (tertiary alicyclic amines) is 1. The Labute approximate surface area is 118 Å². The summed E-state index contributed by atoms with van der Waals surface area (Å²) in [5.74, 6) is 1.09. The number of nitrogens with one attached hydrogen (secondary N) is 1. The van der Waals surface area contributed by atoms with E-state index in [1.54, 1.807) is 6.92 Å². The number of nitrogens with zero attached hydrogens (tertiary/aromatic N) is 3. The molecule has 1 aliphatic heterocycles. The third-order valence-electron chi connectivity index (χ3n) is 3.20. The lowest BCUT2D eigenvalue weighted by Crippen LogP contribution is -2.47. The van der Waals surface area contributed by atoms with Crippen LogP contribution in [-0.2, 0) is 11.3 Å². The summed E-state index contributed by atoms with van der Waals surface area (Å²) in [6.07, 6.45) is 2.87. The summed E-state index contributed by atoms with van der Waals surface area (Å²) in [4.78, 5) is 17.8. The molecule has 0 spiro atoms. The summed E-state index contributed by atoms with van der Waals surface area (Å²) in [6.45, 7) is 6.22. The lowest BCUT2D eigenvalue weighted by Gasteiger charge is -2.32. The second kappa shape index (κ2) is 7.23. The van der Waals surface area contributed by atoms with E-state index in [0.29, 0.717) is 31.4 Å². The van der Waals surface area contributed by atoms with Crippen LogP contribution in [0.2, 0.25) is 0 Å². The van der Waals surface area contributed by atoms with Crippen LogP contribution >= 0.6 is 0 Å². The third kappa shape index (κ3) is 4.19. The van der Waals surface area contributed by atoms with Crippen molar-refractivity contribution in [3.63, 3.8) is 0 Å². The van der Waals surface area contributed by atoms with Gasteiger partial charge in [-0.05, 0) is 26.2 Å². The fourth-order valence-corrected chi connectivity index (χ4v) is 2.19. The molecule has 1 saturated heterocycles. The Morgan fingerprint density at radius 3 is 3.15 bits per heavy atom. The first kappa shape index (κ1) is 14.8. The second-order valence-electron chi connectivity index (χ2n) is 4.99. The van der Waals surface area contributed by atoms with Gasteiger partial charge in [0.05, 0.1) is 6.10 Å². The molecule has 0 aliphatic carbocycles. The fraction of sp³-hybridized carbons (Fsp3) is 0.769. The van der Waals surface area contributed by atoms with Crippen molar-refractivity contribution >= 4 is 6.03 Å². The zero-order valence-electron chi connectivity index (χ0n) is 12.1. The van der Waals surface area contributed by atoms with E-state index in [1.807, 2.05) is 11.8 Å². The predicted octanol–water partition coefficient (Wildman–Crippen LogP) is 1.48. The highest BCUT2D eigenvalue weighted by Gasteiger charge is 2.24. The van der Waals surface area contributed by atoms with E-state index in [9.17, 15) is 4.79 Å². The molecule has 1 aromatic heterocycles. The number of carbonyl (C=O) groups excluding carboxylic acids is 1. The number of ether oxygens (including phenoxy) is 1. The summed E-state index contributed by atoms with van der Waals surface area (Å²) < 4.78 is 10.8. The molecule has 2 amide bonds. The van der Waals surface area contributed by atoms with E-state index in [1.165, 1.54) is 0 Å². The topological polar surface area (TPSA) is 80.5 Å². The highest BCUT2D eigenvalue weighted by molar-refractivity contribution is 5.74. The van der Waals surface area contributed by atoms with E-state index in [2.05, 4.69) is 15.5 Å². The zero-order valence-corrected chi connectivity index (χ0v) is 12.1. The number of amides is 2. The minimum Gasteiger partial charge on any atom is -0.367 e. The molecule has 1 aliphatic rings. The van der Waals surface area contributed by atoms with E-state index in [0.717, 1.165) is 25.8 Å². The van der Waals surface area contributed by atoms with Crippen LogP contribution < -0.4 is 5.32 Å². The molecule has 1 atom stereocenters. The number of piperidine rings is 1. The van der Waals surface area contributed by atoms with Crippen LogP contribution in [0.5, 0.6) is 0 Å². The zero-order chi connectivity index (χ0) is 14.4. The van der Waals surface area contributed by atoms with Gasteiger partial charge in [-0.3, -0.25) is 0 Å². The van der Waals surface area contributed by atoms with Gasteiger partial charge in [0.25, 0.3) is 5.89 Å². The molecule has 7 heteroatoms. The minimum atomic E-state index is -0.00575. The number of aryl methyl sites for hydroxylation is 1. The average Bonchev–Trinajstić information content (AvgIpc) is 2.88. The number of hydrogen-bond donors (Lipinski definition) is 1. The van der Waals surface area contributed by atoms with Crippen LogP contribution in [-0.4, -0.2) is 46.8 Å². The maximum atomic E-state index is 11.9. The number of carbonyl (C=O) groups is 1. The number of aromatic nitrogens is 2. The molecular weight excluding hydrogens is 260 g/mol. The van der Waals surface area contributed by atoms with Crippen LogP contribution in [0.3, 0.4) is 0 Å². The van der Waals surface area contributed by atoms with Gasteiger partial charge in [-0.25, -0.2) is 4.79 Å². The Morgan fingerprint density at radius 1 is 1.60 bits per heavy atom. The van der Waals surface area contributed by atoms with Gasteiger partial charge < -0.3 is 19.5 Å². The molecule has 0 bridgehead atoms. The normalized spacial score (nSPS) is 19.1. The van der Waals surface area contributed by atoms with Crippen LogP contribution in [0, 0.1) is 6.92 Å². The second-order valence-corrected chi connectivity index (χ2v) is 4.99. The Kier molecular flexibility index (Phi) is 5.34. The van der Waals surface area contributed by atoms with Crippen molar-refractivity contribution < 1.29 is 14.1 Å². The van der Waals surface area contributed by atoms with Crippen molar-refractivity contribution in [3.05, 3.63) is 11.7 Å². The standard InChI is InChI=1S/C13H22N4O3/c1-3-6-14-13(18)17-7-4-5-11(8-17)19-9-12-15-10(2)16-20-12/h11H,3-9H2,1-2H3,(H,14,18). The number of hydrogen-bond acceptors (Lipinski definition) is 5. The van der Waals surface area contributed by atoms with E-state index in [4.69, 9.17) is 9.26 Å². The first-order valence-electron chi connectivity index (χ1n) is 7.12. The SMILES string of the molecule is CCCNC(=O)N1CCCC(OCc2nc(C)no2)C1. The van der Waals surface area contributed by atoms with Crippen molar-refractivity contribution in [3.8, 4) is 0 Å². The Bertz CT molecular complexity index is 435. The highest BCUT2D eigenvalue weighted by Crippen LogP contribution is 2.14. The fourth-order valence-electron chi connectivity index (χ4n) is 2.19. The Hall–Kier alpha value is -1.63. The molecule has 112 valence electrons. The van der Waals surface area contributed by atoms with E-state index < -0.39 is 0 Å². The maximum Gasteiger partial charge on any atom is 0.317 e. The number of rotatable bonds is 5. The van der Waals surface area contributed by atoms with Crippen molar-refractivity contribution in [1.82, 2.24) is 20.4 Å². The van der Waals surface area contributed by atoms with E-state index >= 15 is 0 Å². The molecule has 0 aromatic carbocycles. The Morgan fingerprint density at radius 2 is 2.45 bits per heavy atom. The molecule has 20 heavy (non-hydrogen) atoms. The molecule has 2 rings (SSSR count). The summed E-state index contributed by atoms with van der Waals surface area (Å²) in [5.41, 5.74) is 0. The molecule has 2 heterocycles. The van der Waals surface area contributed by atoms with Gasteiger partial charge in [0.15, 0.2) is 5.82 Å². The van der Waals surface area contributed by atoms with Gasteiger partial charge in [-0.15, -0.1) is 0 Å². The van der Waals surface area contributed by atoms with Crippen molar-refractivity contribution in [2.24, 2.45) is 0 Å². The lowest BCUT2D eigenvalue weighted by atomic mass is 10.1. The molecule has 1 aromatic rings. The predicted molar refractivity (Wildman–Crippen MR) is 72.1 cm³/mol. The molecular formula is C13H22N4O3. The van der Waals surface area contributed by atoms with Gasteiger partial charge in [-0.2, -0.15) is 4.98 Å². The average molecular weight is 282 g/mol. The maximum absolute atomic E-state index is 11.9. The van der Waals surface area contributed by atoms with Crippen molar-refractivity contribution in [2.75, 3.05) is 19.6 Å². The molecule has 1 unspecified atom stereocenters. The van der Waals surface area contributed by atoms with Gasteiger partial charge in [0.1, 0.15) is 6.61 Å². The molecule has 0 saturated carbocycles. The smallest absolute Gasteiger partial charge is 0.317 e. The third-order valence-corrected chi connectivity index (χ3v) is 3.20. The van der Waals surface area contributed by atoms with Crippen LogP contribution in [0.1, 0.15) is 37.9 Å². The minimum absolute atomic E-state index is 0.00575. The molecule has 1 N–H and O–H groups in total. The lowest BCUT2D eigenvalue weighted by molar-refractivity contribution is -0.0103.